The van der Waals surface area contributed by atoms with Gasteiger partial charge < -0.3 is 9.84 Å². The zero-order chi connectivity index (χ0) is 18.3. The van der Waals surface area contributed by atoms with Gasteiger partial charge in [-0.3, -0.25) is 0 Å². The number of fused-ring (bicyclic) bond motifs is 1. The highest BCUT2D eigenvalue weighted by atomic mass is 16.5. The van der Waals surface area contributed by atoms with Crippen LogP contribution in [-0.2, 0) is 5.41 Å². The smallest absolute Gasteiger partial charge is 0.135 e. The van der Waals surface area contributed by atoms with Crippen molar-refractivity contribution in [3.63, 3.8) is 0 Å². The molecule has 2 aromatic carbocycles. The van der Waals surface area contributed by atoms with Gasteiger partial charge in [-0.2, -0.15) is 0 Å². The molecular formula is C24H28O2. The van der Waals surface area contributed by atoms with Gasteiger partial charge in [0.25, 0.3) is 0 Å². The van der Waals surface area contributed by atoms with Gasteiger partial charge in [0.05, 0.1) is 0 Å². The number of phenolic OH excluding ortho intramolecular Hbond substituents is 1. The average Bonchev–Trinajstić information content (AvgIpc) is 2.67. The van der Waals surface area contributed by atoms with Gasteiger partial charge in [-0.1, -0.05) is 49.6 Å². The van der Waals surface area contributed by atoms with Crippen LogP contribution in [0.2, 0.25) is 0 Å². The third-order valence-electron chi connectivity index (χ3n) is 6.61. The lowest BCUT2D eigenvalue weighted by Gasteiger charge is -2.38. The van der Waals surface area contributed by atoms with Crippen LogP contribution in [0.3, 0.4) is 0 Å². The monoisotopic (exact) mass is 348 g/mol. The first-order valence-corrected chi connectivity index (χ1v) is 9.80. The van der Waals surface area contributed by atoms with Gasteiger partial charge in [0, 0.05) is 17.0 Å². The summed E-state index contributed by atoms with van der Waals surface area (Å²) in [6.45, 7) is 6.43. The fourth-order valence-corrected chi connectivity index (χ4v) is 4.70. The molecule has 2 aliphatic rings. The van der Waals surface area contributed by atoms with Gasteiger partial charge in [-0.05, 0) is 62.3 Å². The minimum Gasteiger partial charge on any atom is -0.508 e. The zero-order valence-corrected chi connectivity index (χ0v) is 16.0. The Labute approximate surface area is 156 Å². The number of ether oxygens (including phenoxy) is 1. The summed E-state index contributed by atoms with van der Waals surface area (Å²) in [4.78, 5) is 0. The van der Waals surface area contributed by atoms with Gasteiger partial charge in [0.15, 0.2) is 0 Å². The van der Waals surface area contributed by atoms with Crippen LogP contribution in [0.5, 0.6) is 11.5 Å². The molecule has 0 bridgehead atoms. The molecule has 0 aromatic heterocycles. The molecule has 1 saturated carbocycles. The number of rotatable bonds is 2. The fourth-order valence-electron chi connectivity index (χ4n) is 4.70. The molecule has 1 unspecified atom stereocenters. The second-order valence-electron chi connectivity index (χ2n) is 8.05. The lowest BCUT2D eigenvalue weighted by Crippen LogP contribution is -2.30. The summed E-state index contributed by atoms with van der Waals surface area (Å²) >= 11 is 0. The predicted molar refractivity (Wildman–Crippen MR) is 106 cm³/mol. The molecule has 1 heterocycles. The first-order chi connectivity index (χ1) is 12.5. The molecule has 2 nitrogen and oxygen atoms in total. The maximum atomic E-state index is 9.87. The van der Waals surface area contributed by atoms with Crippen molar-refractivity contribution < 1.29 is 9.84 Å². The Morgan fingerprint density at radius 1 is 0.962 bits per heavy atom. The lowest BCUT2D eigenvalue weighted by molar-refractivity contribution is 0.371. The zero-order valence-electron chi connectivity index (χ0n) is 16.0. The van der Waals surface area contributed by atoms with Crippen LogP contribution in [0.4, 0.5) is 0 Å². The van der Waals surface area contributed by atoms with Gasteiger partial charge in [-0.15, -0.1) is 0 Å². The van der Waals surface area contributed by atoms with Crippen molar-refractivity contribution in [3.8, 4) is 11.5 Å². The van der Waals surface area contributed by atoms with E-state index in [4.69, 9.17) is 4.74 Å². The Balaban J connectivity index is 1.76. The largest absolute Gasteiger partial charge is 0.508 e. The Morgan fingerprint density at radius 2 is 1.65 bits per heavy atom. The molecule has 0 amide bonds. The van der Waals surface area contributed by atoms with E-state index < -0.39 is 0 Å². The van der Waals surface area contributed by atoms with E-state index in [1.54, 1.807) is 12.1 Å². The number of aromatic hydroxyl groups is 1. The average molecular weight is 348 g/mol. The number of hydrogen-bond acceptors (Lipinski definition) is 2. The highest BCUT2D eigenvalue weighted by Crippen LogP contribution is 2.49. The van der Waals surface area contributed by atoms with Crippen LogP contribution in [0.15, 0.2) is 53.8 Å². The second-order valence-corrected chi connectivity index (χ2v) is 8.05. The quantitative estimate of drug-likeness (QED) is 0.677. The Morgan fingerprint density at radius 3 is 2.35 bits per heavy atom. The standard InChI is InChI=1S/C24H28O2/c1-16-17(2)26-23-15-21(25)13-14-22(23)24(16,3)20-11-9-19(10-12-20)18-7-5-4-6-8-18/h9-15,18,25H,4-8H2,1-3H3. The van der Waals surface area contributed by atoms with Crippen LogP contribution in [0.25, 0.3) is 0 Å². The molecule has 1 atom stereocenters. The van der Waals surface area contributed by atoms with Crippen molar-refractivity contribution in [3.05, 3.63) is 70.5 Å². The van der Waals surface area contributed by atoms with Crippen LogP contribution < -0.4 is 4.74 Å². The van der Waals surface area contributed by atoms with Crippen molar-refractivity contribution in [2.75, 3.05) is 0 Å². The third kappa shape index (κ3) is 2.72. The van der Waals surface area contributed by atoms with Crippen LogP contribution in [-0.4, -0.2) is 5.11 Å². The molecule has 1 fully saturated rings. The number of allylic oxidation sites excluding steroid dienone is 2. The molecule has 1 N–H and O–H groups in total. The van der Waals surface area contributed by atoms with Gasteiger partial charge in [-0.25, -0.2) is 0 Å². The van der Waals surface area contributed by atoms with Crippen molar-refractivity contribution in [2.24, 2.45) is 0 Å². The van der Waals surface area contributed by atoms with E-state index in [0.717, 1.165) is 23.0 Å². The van der Waals surface area contributed by atoms with Crippen molar-refractivity contribution in [2.45, 2.75) is 64.2 Å². The Hall–Kier alpha value is -2.22. The Kier molecular flexibility index (Phi) is 4.30. The first kappa shape index (κ1) is 17.2. The SMILES string of the molecule is CC1=C(C)C(C)(c2ccc(C3CCCCC3)cc2)c2ccc(O)cc2O1. The summed E-state index contributed by atoms with van der Waals surface area (Å²) in [5.41, 5.74) is 4.86. The molecule has 0 saturated heterocycles. The molecular weight excluding hydrogens is 320 g/mol. The van der Waals surface area contributed by atoms with E-state index >= 15 is 0 Å². The highest BCUT2D eigenvalue weighted by molar-refractivity contribution is 5.58. The molecule has 1 aliphatic carbocycles. The molecule has 2 heteroatoms. The minimum absolute atomic E-state index is 0.240. The van der Waals surface area contributed by atoms with E-state index in [1.807, 2.05) is 13.0 Å². The van der Waals surface area contributed by atoms with Crippen molar-refractivity contribution in [1.29, 1.82) is 0 Å². The topological polar surface area (TPSA) is 29.5 Å². The van der Waals surface area contributed by atoms with Crippen LogP contribution in [0, 0.1) is 0 Å². The van der Waals surface area contributed by atoms with E-state index in [0.29, 0.717) is 0 Å². The summed E-state index contributed by atoms with van der Waals surface area (Å²) in [5, 5.41) is 9.87. The molecule has 0 spiro atoms. The predicted octanol–water partition coefficient (Wildman–Crippen LogP) is 6.43. The molecule has 1 aliphatic heterocycles. The minimum atomic E-state index is -0.240. The maximum absolute atomic E-state index is 9.87. The summed E-state index contributed by atoms with van der Waals surface area (Å²) in [6, 6.07) is 14.7. The highest BCUT2D eigenvalue weighted by Gasteiger charge is 2.38. The molecule has 4 rings (SSSR count). The molecule has 2 aromatic rings. The van der Waals surface area contributed by atoms with E-state index in [9.17, 15) is 5.11 Å². The second kappa shape index (κ2) is 6.50. The van der Waals surface area contributed by atoms with Crippen molar-refractivity contribution >= 4 is 0 Å². The van der Waals surface area contributed by atoms with Gasteiger partial charge in [0.2, 0.25) is 0 Å². The number of benzene rings is 2. The van der Waals surface area contributed by atoms with E-state index in [1.165, 1.54) is 48.8 Å². The summed E-state index contributed by atoms with van der Waals surface area (Å²) in [7, 11) is 0. The normalized spacial score (nSPS) is 23.5. The van der Waals surface area contributed by atoms with Crippen LogP contribution >= 0.6 is 0 Å². The molecule has 26 heavy (non-hydrogen) atoms. The molecule has 0 radical (unpaired) electrons. The van der Waals surface area contributed by atoms with Gasteiger partial charge in [0.1, 0.15) is 17.3 Å². The summed E-state index contributed by atoms with van der Waals surface area (Å²) in [5.74, 6) is 2.64. The number of hydrogen-bond donors (Lipinski definition) is 1. The summed E-state index contributed by atoms with van der Waals surface area (Å²) in [6.07, 6.45) is 6.76. The molecule has 136 valence electrons. The van der Waals surface area contributed by atoms with E-state index in [2.05, 4.69) is 38.1 Å². The Bertz CT molecular complexity index is 841. The summed E-state index contributed by atoms with van der Waals surface area (Å²) < 4.78 is 5.98. The van der Waals surface area contributed by atoms with Crippen molar-refractivity contribution in [1.82, 2.24) is 0 Å². The fraction of sp³-hybridized carbons (Fsp3) is 0.417. The maximum Gasteiger partial charge on any atom is 0.135 e. The van der Waals surface area contributed by atoms with Crippen LogP contribution in [0.1, 0.15) is 75.5 Å². The van der Waals surface area contributed by atoms with Gasteiger partial charge >= 0.3 is 0 Å². The van der Waals surface area contributed by atoms with E-state index in [-0.39, 0.29) is 11.2 Å². The first-order valence-electron chi connectivity index (χ1n) is 9.80. The number of phenols is 1. The third-order valence-corrected chi connectivity index (χ3v) is 6.61. The lowest BCUT2D eigenvalue weighted by atomic mass is 9.69.